The number of anilines is 1. The predicted octanol–water partition coefficient (Wildman–Crippen LogP) is 3.10. The molecule has 27 heavy (non-hydrogen) atoms. The summed E-state index contributed by atoms with van der Waals surface area (Å²) in [5, 5.41) is 8.25. The van der Waals surface area contributed by atoms with Crippen molar-refractivity contribution >= 4 is 39.3 Å². The van der Waals surface area contributed by atoms with Gasteiger partial charge in [0.15, 0.2) is 0 Å². The number of rotatable bonds is 9. The number of carbonyl (C=O) groups is 3. The first-order valence-electron chi connectivity index (χ1n) is 8.70. The van der Waals surface area contributed by atoms with Gasteiger partial charge in [-0.2, -0.15) is 0 Å². The fourth-order valence-corrected chi connectivity index (χ4v) is 2.57. The molecule has 142 valence electrons. The quantitative estimate of drug-likeness (QED) is 0.533. The van der Waals surface area contributed by atoms with Crippen LogP contribution in [0, 0.1) is 0 Å². The molecule has 0 aliphatic heterocycles. The van der Waals surface area contributed by atoms with E-state index >= 15 is 0 Å². The lowest BCUT2D eigenvalue weighted by atomic mass is 10.2. The molecule has 0 fully saturated rings. The predicted molar refractivity (Wildman–Crippen MR) is 108 cm³/mol. The zero-order chi connectivity index (χ0) is 19.5. The van der Waals surface area contributed by atoms with Crippen molar-refractivity contribution in [2.24, 2.45) is 0 Å². The number of nitrogens with one attached hydrogen (secondary N) is 3. The van der Waals surface area contributed by atoms with Gasteiger partial charge in [-0.05, 0) is 42.8 Å². The van der Waals surface area contributed by atoms with Crippen LogP contribution in [0.1, 0.15) is 29.6 Å². The van der Waals surface area contributed by atoms with Crippen molar-refractivity contribution in [1.29, 1.82) is 0 Å². The third kappa shape index (κ3) is 8.04. The van der Waals surface area contributed by atoms with Crippen LogP contribution in [-0.2, 0) is 9.59 Å². The average molecular weight is 432 g/mol. The highest BCUT2D eigenvalue weighted by atomic mass is 79.9. The number of hydrogen-bond acceptors (Lipinski definition) is 3. The molecule has 0 aliphatic carbocycles. The monoisotopic (exact) mass is 431 g/mol. The van der Waals surface area contributed by atoms with Gasteiger partial charge in [0.05, 0.1) is 0 Å². The van der Waals surface area contributed by atoms with E-state index in [9.17, 15) is 14.4 Å². The summed E-state index contributed by atoms with van der Waals surface area (Å²) in [6.45, 7) is 0.697. The molecule has 2 rings (SSSR count). The molecule has 0 saturated carbocycles. The van der Waals surface area contributed by atoms with E-state index in [4.69, 9.17) is 0 Å². The minimum atomic E-state index is -0.159. The van der Waals surface area contributed by atoms with E-state index in [1.54, 1.807) is 36.4 Å². The van der Waals surface area contributed by atoms with E-state index in [-0.39, 0.29) is 30.7 Å². The first-order chi connectivity index (χ1) is 13.0. The van der Waals surface area contributed by atoms with Gasteiger partial charge in [0.2, 0.25) is 11.8 Å². The number of benzene rings is 2. The van der Waals surface area contributed by atoms with Gasteiger partial charge >= 0.3 is 0 Å². The molecule has 3 N–H and O–H groups in total. The van der Waals surface area contributed by atoms with Crippen molar-refractivity contribution in [3.8, 4) is 0 Å². The highest BCUT2D eigenvalue weighted by Gasteiger charge is 2.06. The molecule has 2 aromatic rings. The van der Waals surface area contributed by atoms with Crippen LogP contribution in [0.3, 0.4) is 0 Å². The molecule has 6 nitrogen and oxygen atoms in total. The smallest absolute Gasteiger partial charge is 0.251 e. The SMILES string of the molecule is O=C(CCCNC(=O)c1ccccc1)NCCC(=O)Nc1ccc(Br)cc1. The summed E-state index contributed by atoms with van der Waals surface area (Å²) in [6, 6.07) is 16.2. The van der Waals surface area contributed by atoms with Gasteiger partial charge in [0, 0.05) is 41.7 Å². The van der Waals surface area contributed by atoms with E-state index in [1.165, 1.54) is 0 Å². The molecule has 0 unspecified atom stereocenters. The minimum absolute atomic E-state index is 0.139. The summed E-state index contributed by atoms with van der Waals surface area (Å²) in [6.07, 6.45) is 1.03. The number of halogens is 1. The van der Waals surface area contributed by atoms with Crippen LogP contribution in [0.2, 0.25) is 0 Å². The molecule has 0 atom stereocenters. The summed E-state index contributed by atoms with van der Waals surface area (Å²) in [5.74, 6) is -0.450. The van der Waals surface area contributed by atoms with E-state index in [2.05, 4.69) is 31.9 Å². The van der Waals surface area contributed by atoms with Crippen LogP contribution in [-0.4, -0.2) is 30.8 Å². The zero-order valence-electron chi connectivity index (χ0n) is 14.8. The van der Waals surface area contributed by atoms with Crippen LogP contribution in [0.15, 0.2) is 59.1 Å². The van der Waals surface area contributed by atoms with Gasteiger partial charge in [-0.1, -0.05) is 34.1 Å². The number of hydrogen-bond donors (Lipinski definition) is 3. The van der Waals surface area contributed by atoms with Crippen molar-refractivity contribution < 1.29 is 14.4 Å². The minimum Gasteiger partial charge on any atom is -0.356 e. The zero-order valence-corrected chi connectivity index (χ0v) is 16.4. The van der Waals surface area contributed by atoms with Gasteiger partial charge in [-0.15, -0.1) is 0 Å². The van der Waals surface area contributed by atoms with Crippen LogP contribution >= 0.6 is 15.9 Å². The van der Waals surface area contributed by atoms with Crippen molar-refractivity contribution in [3.63, 3.8) is 0 Å². The summed E-state index contributed by atoms with van der Waals surface area (Å²) >= 11 is 3.33. The third-order valence-electron chi connectivity index (χ3n) is 3.70. The Morgan fingerprint density at radius 2 is 1.48 bits per heavy atom. The molecular weight excluding hydrogens is 410 g/mol. The van der Waals surface area contributed by atoms with Gasteiger partial charge in [-0.25, -0.2) is 0 Å². The maximum atomic E-state index is 11.8. The molecule has 0 saturated heterocycles. The fourth-order valence-electron chi connectivity index (χ4n) is 2.30. The fraction of sp³-hybridized carbons (Fsp3) is 0.250. The summed E-state index contributed by atoms with van der Waals surface area (Å²) < 4.78 is 0.938. The van der Waals surface area contributed by atoms with E-state index in [1.807, 2.05) is 18.2 Å². The molecule has 0 aliphatic rings. The normalized spacial score (nSPS) is 10.1. The van der Waals surface area contributed by atoms with Crippen molar-refractivity contribution in [2.45, 2.75) is 19.3 Å². The number of amides is 3. The van der Waals surface area contributed by atoms with Gasteiger partial charge in [0.1, 0.15) is 0 Å². The van der Waals surface area contributed by atoms with Gasteiger partial charge in [-0.3, -0.25) is 14.4 Å². The van der Waals surface area contributed by atoms with Crippen LogP contribution in [0.4, 0.5) is 5.69 Å². The Balaban J connectivity index is 1.55. The second-order valence-corrected chi connectivity index (χ2v) is 6.80. The topological polar surface area (TPSA) is 87.3 Å². The molecule has 0 spiro atoms. The Morgan fingerprint density at radius 3 is 2.19 bits per heavy atom. The molecular formula is C20H22BrN3O3. The van der Waals surface area contributed by atoms with Crippen molar-refractivity contribution in [3.05, 3.63) is 64.6 Å². The number of carbonyl (C=O) groups excluding carboxylic acids is 3. The third-order valence-corrected chi connectivity index (χ3v) is 4.23. The van der Waals surface area contributed by atoms with Crippen molar-refractivity contribution in [1.82, 2.24) is 10.6 Å². The molecule has 0 aromatic heterocycles. The van der Waals surface area contributed by atoms with Gasteiger partial charge in [0.25, 0.3) is 5.91 Å². The lowest BCUT2D eigenvalue weighted by molar-refractivity contribution is -0.121. The largest absolute Gasteiger partial charge is 0.356 e. The summed E-state index contributed by atoms with van der Waals surface area (Å²) in [4.78, 5) is 35.4. The Bertz CT molecular complexity index is 764. The Labute approximate surface area is 166 Å². The Morgan fingerprint density at radius 1 is 0.778 bits per heavy atom. The molecule has 3 amide bonds. The molecule has 0 bridgehead atoms. The summed E-state index contributed by atoms with van der Waals surface area (Å²) in [5.41, 5.74) is 1.31. The molecule has 0 radical (unpaired) electrons. The summed E-state index contributed by atoms with van der Waals surface area (Å²) in [7, 11) is 0. The molecule has 0 heterocycles. The van der Waals surface area contributed by atoms with Crippen LogP contribution in [0.5, 0.6) is 0 Å². The van der Waals surface area contributed by atoms with Crippen LogP contribution < -0.4 is 16.0 Å². The maximum Gasteiger partial charge on any atom is 0.251 e. The lowest BCUT2D eigenvalue weighted by Crippen LogP contribution is -2.29. The second-order valence-electron chi connectivity index (χ2n) is 5.88. The lowest BCUT2D eigenvalue weighted by Gasteiger charge is -2.08. The van der Waals surface area contributed by atoms with E-state index in [0.29, 0.717) is 30.6 Å². The highest BCUT2D eigenvalue weighted by molar-refractivity contribution is 9.10. The average Bonchev–Trinajstić information content (AvgIpc) is 2.67. The molecule has 7 heteroatoms. The van der Waals surface area contributed by atoms with E-state index in [0.717, 1.165) is 4.47 Å². The molecule has 2 aromatic carbocycles. The van der Waals surface area contributed by atoms with Crippen molar-refractivity contribution in [2.75, 3.05) is 18.4 Å². The standard InChI is InChI=1S/C20H22BrN3O3/c21-16-8-10-17(11-9-16)24-19(26)12-14-22-18(25)7-4-13-23-20(27)15-5-2-1-3-6-15/h1-3,5-6,8-11H,4,7,12-14H2,(H,22,25)(H,23,27)(H,24,26). The maximum absolute atomic E-state index is 11.8. The highest BCUT2D eigenvalue weighted by Crippen LogP contribution is 2.14. The van der Waals surface area contributed by atoms with E-state index < -0.39 is 0 Å². The first-order valence-corrected chi connectivity index (χ1v) is 9.49. The Hall–Kier alpha value is -2.67. The first kappa shape index (κ1) is 20.6. The Kier molecular flexibility index (Phi) is 8.51. The van der Waals surface area contributed by atoms with Crippen LogP contribution in [0.25, 0.3) is 0 Å². The van der Waals surface area contributed by atoms with Gasteiger partial charge < -0.3 is 16.0 Å². The second kappa shape index (κ2) is 11.1.